The van der Waals surface area contributed by atoms with Gasteiger partial charge in [0, 0.05) is 29.5 Å². The summed E-state index contributed by atoms with van der Waals surface area (Å²) in [5.74, 6) is 0. The summed E-state index contributed by atoms with van der Waals surface area (Å²) in [7, 11) is 0. The van der Waals surface area contributed by atoms with Crippen molar-refractivity contribution in [2.45, 2.75) is 0 Å². The molecule has 0 aliphatic carbocycles. The largest absolute Gasteiger partial charge is 0.264 e. The van der Waals surface area contributed by atoms with E-state index in [1.807, 2.05) is 30.6 Å². The van der Waals surface area contributed by atoms with Crippen molar-refractivity contribution in [1.29, 1.82) is 0 Å². The van der Waals surface area contributed by atoms with E-state index in [1.165, 1.54) is 5.56 Å². The maximum absolute atomic E-state index is 4.30. The highest BCUT2D eigenvalue weighted by Crippen LogP contribution is 2.22. The summed E-state index contributed by atoms with van der Waals surface area (Å²) in [4.78, 5) is 8.43. The summed E-state index contributed by atoms with van der Waals surface area (Å²) in [5.41, 5.74) is 3.33. The zero-order chi connectivity index (χ0) is 10.8. The summed E-state index contributed by atoms with van der Waals surface area (Å²) in [6.45, 7) is 0. The molecule has 0 spiro atoms. The second kappa shape index (κ2) is 3.74. The Bertz CT molecular complexity index is 618. The van der Waals surface area contributed by atoms with Crippen molar-refractivity contribution in [3.05, 3.63) is 61.1 Å². The Labute approximate surface area is 93.6 Å². The molecule has 3 aromatic rings. The standard InChI is InChI=1S/C14H10N2/c1-4-13(10-15-7-1)11-5-6-14-12(9-11)3-2-8-16-14/h1-10H. The highest BCUT2D eigenvalue weighted by atomic mass is 14.6. The van der Waals surface area contributed by atoms with Crippen LogP contribution in [0.25, 0.3) is 22.0 Å². The molecule has 2 aromatic heterocycles. The maximum atomic E-state index is 4.30. The van der Waals surface area contributed by atoms with Gasteiger partial charge in [-0.15, -0.1) is 0 Å². The van der Waals surface area contributed by atoms with Gasteiger partial charge in [-0.3, -0.25) is 9.97 Å². The third kappa shape index (κ3) is 1.54. The molecule has 2 nitrogen and oxygen atoms in total. The molecule has 0 bridgehead atoms. The third-order valence-electron chi connectivity index (χ3n) is 2.60. The molecule has 2 heteroatoms. The SMILES string of the molecule is c1cncc(-c2ccc3ncccc3c2)c1. The van der Waals surface area contributed by atoms with Crippen LogP contribution in [0.1, 0.15) is 0 Å². The Morgan fingerprint density at radius 1 is 0.812 bits per heavy atom. The molecule has 0 fully saturated rings. The molecule has 0 unspecified atom stereocenters. The molecule has 0 saturated heterocycles. The Kier molecular flexibility index (Phi) is 2.11. The smallest absolute Gasteiger partial charge is 0.0702 e. The fraction of sp³-hybridized carbons (Fsp3) is 0. The van der Waals surface area contributed by atoms with Gasteiger partial charge in [0.2, 0.25) is 0 Å². The molecule has 0 atom stereocenters. The van der Waals surface area contributed by atoms with Gasteiger partial charge in [0.25, 0.3) is 0 Å². The molecule has 16 heavy (non-hydrogen) atoms. The molecule has 2 heterocycles. The van der Waals surface area contributed by atoms with Crippen molar-refractivity contribution < 1.29 is 0 Å². The van der Waals surface area contributed by atoms with Crippen LogP contribution in [0.2, 0.25) is 0 Å². The van der Waals surface area contributed by atoms with Gasteiger partial charge in [-0.05, 0) is 29.8 Å². The highest BCUT2D eigenvalue weighted by Gasteiger charge is 1.99. The fourth-order valence-corrected chi connectivity index (χ4v) is 1.79. The predicted octanol–water partition coefficient (Wildman–Crippen LogP) is 3.30. The molecule has 0 aliphatic rings. The zero-order valence-corrected chi connectivity index (χ0v) is 8.67. The molecule has 0 radical (unpaired) electrons. The lowest BCUT2D eigenvalue weighted by Gasteiger charge is -2.02. The number of rotatable bonds is 1. The molecular weight excluding hydrogens is 196 g/mol. The second-order valence-corrected chi connectivity index (χ2v) is 3.65. The van der Waals surface area contributed by atoms with Crippen molar-refractivity contribution >= 4 is 10.9 Å². The van der Waals surface area contributed by atoms with Crippen LogP contribution >= 0.6 is 0 Å². The average molecular weight is 206 g/mol. The summed E-state index contributed by atoms with van der Waals surface area (Å²) in [5, 5.41) is 1.16. The number of nitrogens with zero attached hydrogens (tertiary/aromatic N) is 2. The molecular formula is C14H10N2. The van der Waals surface area contributed by atoms with Gasteiger partial charge in [-0.25, -0.2) is 0 Å². The Morgan fingerprint density at radius 3 is 2.62 bits per heavy atom. The van der Waals surface area contributed by atoms with Gasteiger partial charge >= 0.3 is 0 Å². The monoisotopic (exact) mass is 206 g/mol. The van der Waals surface area contributed by atoms with Crippen molar-refractivity contribution in [1.82, 2.24) is 9.97 Å². The number of hydrogen-bond acceptors (Lipinski definition) is 2. The van der Waals surface area contributed by atoms with Crippen molar-refractivity contribution in [2.75, 3.05) is 0 Å². The Morgan fingerprint density at radius 2 is 1.75 bits per heavy atom. The average Bonchev–Trinajstić information content (AvgIpc) is 2.39. The quantitative estimate of drug-likeness (QED) is 0.610. The topological polar surface area (TPSA) is 25.8 Å². The minimum atomic E-state index is 1.02. The van der Waals surface area contributed by atoms with Crippen LogP contribution in [0, 0.1) is 0 Å². The van der Waals surface area contributed by atoms with Gasteiger partial charge in [-0.2, -0.15) is 0 Å². The fourth-order valence-electron chi connectivity index (χ4n) is 1.79. The van der Waals surface area contributed by atoms with E-state index in [-0.39, 0.29) is 0 Å². The van der Waals surface area contributed by atoms with Gasteiger partial charge in [0.1, 0.15) is 0 Å². The minimum Gasteiger partial charge on any atom is -0.264 e. The van der Waals surface area contributed by atoms with E-state index in [0.717, 1.165) is 16.5 Å². The molecule has 76 valence electrons. The Balaban J connectivity index is 2.19. The van der Waals surface area contributed by atoms with Crippen LogP contribution in [0.3, 0.4) is 0 Å². The molecule has 0 aliphatic heterocycles. The molecule has 0 N–H and O–H groups in total. The minimum absolute atomic E-state index is 1.02. The predicted molar refractivity (Wildman–Crippen MR) is 65.0 cm³/mol. The maximum Gasteiger partial charge on any atom is 0.0702 e. The van der Waals surface area contributed by atoms with Gasteiger partial charge in [-0.1, -0.05) is 18.2 Å². The van der Waals surface area contributed by atoms with Crippen LogP contribution in [-0.2, 0) is 0 Å². The van der Waals surface area contributed by atoms with E-state index in [9.17, 15) is 0 Å². The molecule has 1 aromatic carbocycles. The first-order valence-electron chi connectivity index (χ1n) is 5.19. The van der Waals surface area contributed by atoms with E-state index < -0.39 is 0 Å². The second-order valence-electron chi connectivity index (χ2n) is 3.65. The summed E-state index contributed by atoms with van der Waals surface area (Å²) in [6.07, 6.45) is 5.47. The van der Waals surface area contributed by atoms with Crippen LogP contribution in [0.4, 0.5) is 0 Å². The zero-order valence-electron chi connectivity index (χ0n) is 8.67. The molecule has 0 saturated carbocycles. The first kappa shape index (κ1) is 9.04. The lowest BCUT2D eigenvalue weighted by atomic mass is 10.1. The van der Waals surface area contributed by atoms with E-state index in [0.29, 0.717) is 0 Å². The van der Waals surface area contributed by atoms with E-state index in [2.05, 4.69) is 34.2 Å². The first-order valence-corrected chi connectivity index (χ1v) is 5.19. The Hall–Kier alpha value is -2.22. The number of benzene rings is 1. The summed E-state index contributed by atoms with van der Waals surface area (Å²) >= 11 is 0. The van der Waals surface area contributed by atoms with Gasteiger partial charge in [0.05, 0.1) is 5.52 Å². The van der Waals surface area contributed by atoms with Crippen molar-refractivity contribution in [2.24, 2.45) is 0 Å². The summed E-state index contributed by atoms with van der Waals surface area (Å²) in [6, 6.07) is 14.3. The van der Waals surface area contributed by atoms with E-state index >= 15 is 0 Å². The van der Waals surface area contributed by atoms with Crippen LogP contribution in [0.15, 0.2) is 61.1 Å². The van der Waals surface area contributed by atoms with Crippen LogP contribution in [0.5, 0.6) is 0 Å². The van der Waals surface area contributed by atoms with Crippen LogP contribution in [-0.4, -0.2) is 9.97 Å². The number of pyridine rings is 2. The van der Waals surface area contributed by atoms with E-state index in [1.54, 1.807) is 6.20 Å². The van der Waals surface area contributed by atoms with Gasteiger partial charge < -0.3 is 0 Å². The number of aromatic nitrogens is 2. The highest BCUT2D eigenvalue weighted by molar-refractivity contribution is 5.84. The summed E-state index contributed by atoms with van der Waals surface area (Å²) < 4.78 is 0. The number of hydrogen-bond donors (Lipinski definition) is 0. The normalized spacial score (nSPS) is 10.5. The lowest BCUT2D eigenvalue weighted by Crippen LogP contribution is -1.81. The van der Waals surface area contributed by atoms with E-state index in [4.69, 9.17) is 0 Å². The first-order chi connectivity index (χ1) is 7.93. The molecule has 3 rings (SSSR count). The van der Waals surface area contributed by atoms with Crippen molar-refractivity contribution in [3.63, 3.8) is 0 Å². The van der Waals surface area contributed by atoms with Crippen LogP contribution < -0.4 is 0 Å². The molecule has 0 amide bonds. The van der Waals surface area contributed by atoms with Gasteiger partial charge in [0.15, 0.2) is 0 Å². The lowest BCUT2D eigenvalue weighted by molar-refractivity contribution is 1.33. The third-order valence-corrected chi connectivity index (χ3v) is 2.60. The number of fused-ring (bicyclic) bond motifs is 1. The van der Waals surface area contributed by atoms with Crippen molar-refractivity contribution in [3.8, 4) is 11.1 Å².